The van der Waals surface area contributed by atoms with Crippen molar-refractivity contribution >= 4 is 5.97 Å². The van der Waals surface area contributed by atoms with Crippen molar-refractivity contribution in [1.29, 1.82) is 0 Å². The maximum Gasteiger partial charge on any atom is 0.317 e. The molecule has 1 rings (SSSR count). The fourth-order valence-corrected chi connectivity index (χ4v) is 1.28. The van der Waals surface area contributed by atoms with Gasteiger partial charge in [0.2, 0.25) is 0 Å². The second-order valence-electron chi connectivity index (χ2n) is 4.15. The van der Waals surface area contributed by atoms with Crippen LogP contribution in [0, 0.1) is 5.41 Å². The number of phenols is 1. The molecule has 0 bridgehead atoms. The van der Waals surface area contributed by atoms with E-state index in [1.165, 1.54) is 12.1 Å². The Labute approximate surface area is 96.1 Å². The van der Waals surface area contributed by atoms with Crippen LogP contribution in [0.5, 0.6) is 11.5 Å². The molecule has 0 saturated carbocycles. The average Bonchev–Trinajstić information content (AvgIpc) is 2.31. The Morgan fingerprint density at radius 1 is 1.25 bits per heavy atom. The highest BCUT2D eigenvalue weighted by Gasteiger charge is 2.31. The van der Waals surface area contributed by atoms with Crippen LogP contribution in [0.15, 0.2) is 24.3 Å². The second kappa shape index (κ2) is 5.01. The summed E-state index contributed by atoms with van der Waals surface area (Å²) in [6, 6.07) is 6.16. The Kier molecular flexibility index (Phi) is 3.93. The molecule has 0 saturated heterocycles. The van der Waals surface area contributed by atoms with Crippen molar-refractivity contribution in [1.82, 2.24) is 0 Å². The molecule has 0 aliphatic carbocycles. The van der Waals surface area contributed by atoms with Gasteiger partial charge < -0.3 is 9.84 Å². The second-order valence-corrected chi connectivity index (χ2v) is 4.15. The lowest BCUT2D eigenvalue weighted by molar-refractivity contribution is -0.145. The number of aromatic hydroxyl groups is 1. The number of phenolic OH excluding ortho intramolecular Hbond substituents is 1. The van der Waals surface area contributed by atoms with E-state index in [0.29, 0.717) is 5.75 Å². The summed E-state index contributed by atoms with van der Waals surface area (Å²) in [5.74, 6) is 0.410. The molecule has 0 atom stereocenters. The van der Waals surface area contributed by atoms with Gasteiger partial charge in [-0.15, -0.1) is 0 Å². The number of hydrogen-bond acceptors (Lipinski definition) is 3. The summed E-state index contributed by atoms with van der Waals surface area (Å²) in [5.41, 5.74) is -0.433. The van der Waals surface area contributed by atoms with Crippen LogP contribution in [0.2, 0.25) is 0 Å². The molecule has 0 heterocycles. The van der Waals surface area contributed by atoms with Gasteiger partial charge in [0.1, 0.15) is 11.5 Å². The monoisotopic (exact) mass is 222 g/mol. The Hall–Kier alpha value is -1.51. The number of hydrogen-bond donors (Lipinski definition) is 1. The van der Waals surface area contributed by atoms with Crippen molar-refractivity contribution in [2.45, 2.75) is 33.6 Å². The van der Waals surface area contributed by atoms with Gasteiger partial charge >= 0.3 is 5.97 Å². The van der Waals surface area contributed by atoms with Crippen LogP contribution in [0.25, 0.3) is 0 Å². The zero-order valence-corrected chi connectivity index (χ0v) is 9.99. The molecular formula is C13H18O3. The minimum absolute atomic E-state index is 0.161. The van der Waals surface area contributed by atoms with E-state index >= 15 is 0 Å². The summed E-state index contributed by atoms with van der Waals surface area (Å²) in [7, 11) is 0. The molecule has 3 nitrogen and oxygen atoms in total. The predicted octanol–water partition coefficient (Wildman–Crippen LogP) is 3.12. The third-order valence-corrected chi connectivity index (χ3v) is 3.10. The molecule has 0 spiro atoms. The van der Waals surface area contributed by atoms with E-state index in [-0.39, 0.29) is 11.7 Å². The lowest BCUT2D eigenvalue weighted by Gasteiger charge is -2.23. The zero-order chi connectivity index (χ0) is 12.2. The van der Waals surface area contributed by atoms with Gasteiger partial charge in [0.05, 0.1) is 5.41 Å². The third kappa shape index (κ3) is 2.75. The first-order valence-corrected chi connectivity index (χ1v) is 5.53. The maximum absolute atomic E-state index is 11.9. The summed E-state index contributed by atoms with van der Waals surface area (Å²) < 4.78 is 5.27. The molecule has 0 radical (unpaired) electrons. The van der Waals surface area contributed by atoms with Crippen molar-refractivity contribution in [3.8, 4) is 11.5 Å². The van der Waals surface area contributed by atoms with Crippen LogP contribution in [0.4, 0.5) is 0 Å². The van der Waals surface area contributed by atoms with Gasteiger partial charge in [-0.25, -0.2) is 0 Å². The largest absolute Gasteiger partial charge is 0.508 e. The molecule has 1 N–H and O–H groups in total. The molecule has 0 fully saturated rings. The fourth-order valence-electron chi connectivity index (χ4n) is 1.28. The van der Waals surface area contributed by atoms with E-state index in [1.807, 2.05) is 20.8 Å². The third-order valence-electron chi connectivity index (χ3n) is 3.10. The van der Waals surface area contributed by atoms with Gasteiger partial charge in [-0.1, -0.05) is 13.8 Å². The van der Waals surface area contributed by atoms with Crippen LogP contribution < -0.4 is 4.74 Å². The molecular weight excluding hydrogens is 204 g/mol. The van der Waals surface area contributed by atoms with Gasteiger partial charge in [0.25, 0.3) is 0 Å². The highest BCUT2D eigenvalue weighted by Crippen LogP contribution is 2.28. The summed E-state index contributed by atoms with van der Waals surface area (Å²) in [6.07, 6.45) is 1.50. The van der Waals surface area contributed by atoms with Crippen molar-refractivity contribution in [3.05, 3.63) is 24.3 Å². The van der Waals surface area contributed by atoms with Crippen molar-refractivity contribution in [3.63, 3.8) is 0 Å². The Morgan fingerprint density at radius 2 is 1.75 bits per heavy atom. The van der Waals surface area contributed by atoms with Crippen LogP contribution >= 0.6 is 0 Å². The fraction of sp³-hybridized carbons (Fsp3) is 0.462. The van der Waals surface area contributed by atoms with Crippen LogP contribution in [0.3, 0.4) is 0 Å². The lowest BCUT2D eigenvalue weighted by atomic mass is 9.85. The smallest absolute Gasteiger partial charge is 0.317 e. The van der Waals surface area contributed by atoms with Crippen molar-refractivity contribution in [2.75, 3.05) is 0 Å². The number of esters is 1. The average molecular weight is 222 g/mol. The van der Waals surface area contributed by atoms with E-state index in [1.54, 1.807) is 12.1 Å². The van der Waals surface area contributed by atoms with Gasteiger partial charge in [0.15, 0.2) is 0 Å². The van der Waals surface area contributed by atoms with Crippen molar-refractivity contribution < 1.29 is 14.6 Å². The number of ether oxygens (including phenoxy) is 1. The van der Waals surface area contributed by atoms with Gasteiger partial charge in [-0.2, -0.15) is 0 Å². The minimum atomic E-state index is -0.433. The van der Waals surface area contributed by atoms with Gasteiger partial charge in [0, 0.05) is 0 Å². The van der Waals surface area contributed by atoms with Crippen LogP contribution in [0.1, 0.15) is 33.6 Å². The molecule has 1 aromatic carbocycles. The molecule has 88 valence electrons. The molecule has 3 heteroatoms. The Bertz CT molecular complexity index is 350. The number of carbonyl (C=O) groups excluding carboxylic acids is 1. The molecule has 16 heavy (non-hydrogen) atoms. The molecule has 0 aliphatic heterocycles. The van der Waals surface area contributed by atoms with E-state index < -0.39 is 5.41 Å². The lowest BCUT2D eigenvalue weighted by Crippen LogP contribution is -2.30. The number of rotatable bonds is 4. The topological polar surface area (TPSA) is 46.5 Å². The highest BCUT2D eigenvalue weighted by molar-refractivity contribution is 5.78. The summed E-state index contributed by atoms with van der Waals surface area (Å²) in [4.78, 5) is 11.9. The summed E-state index contributed by atoms with van der Waals surface area (Å²) >= 11 is 0. The van der Waals surface area contributed by atoms with Gasteiger partial charge in [-0.05, 0) is 44.0 Å². The molecule has 0 aromatic heterocycles. The van der Waals surface area contributed by atoms with Crippen molar-refractivity contribution in [2.24, 2.45) is 5.41 Å². The number of benzene rings is 1. The Balaban J connectivity index is 2.74. The van der Waals surface area contributed by atoms with Gasteiger partial charge in [-0.3, -0.25) is 4.79 Å². The van der Waals surface area contributed by atoms with Crippen LogP contribution in [-0.2, 0) is 4.79 Å². The summed E-state index contributed by atoms with van der Waals surface area (Å²) in [5, 5.41) is 9.10. The quantitative estimate of drug-likeness (QED) is 0.629. The van der Waals surface area contributed by atoms with Crippen LogP contribution in [-0.4, -0.2) is 11.1 Å². The first-order valence-electron chi connectivity index (χ1n) is 5.53. The normalized spacial score (nSPS) is 11.2. The first-order chi connectivity index (χ1) is 7.51. The van der Waals surface area contributed by atoms with E-state index in [4.69, 9.17) is 9.84 Å². The van der Waals surface area contributed by atoms with E-state index in [9.17, 15) is 4.79 Å². The Morgan fingerprint density at radius 3 is 2.19 bits per heavy atom. The molecule has 1 aromatic rings. The van der Waals surface area contributed by atoms with E-state index in [0.717, 1.165) is 12.8 Å². The molecule has 0 unspecified atom stereocenters. The summed E-state index contributed by atoms with van der Waals surface area (Å²) in [6.45, 7) is 5.85. The SMILES string of the molecule is CCC(C)(CC)C(=O)Oc1ccc(O)cc1. The first kappa shape index (κ1) is 12.6. The standard InChI is InChI=1S/C13H18O3/c1-4-13(3,5-2)12(15)16-11-8-6-10(14)7-9-11/h6-9,14H,4-5H2,1-3H3. The zero-order valence-electron chi connectivity index (χ0n) is 9.99. The minimum Gasteiger partial charge on any atom is -0.508 e. The maximum atomic E-state index is 11.9. The molecule has 0 amide bonds. The molecule has 0 aliphatic rings. The highest BCUT2D eigenvalue weighted by atomic mass is 16.5. The predicted molar refractivity (Wildman–Crippen MR) is 62.4 cm³/mol. The number of carbonyl (C=O) groups is 1. The van der Waals surface area contributed by atoms with E-state index in [2.05, 4.69) is 0 Å².